The van der Waals surface area contributed by atoms with E-state index in [0.29, 0.717) is 16.6 Å². The number of hydrogen-bond acceptors (Lipinski definition) is 4. The van der Waals surface area contributed by atoms with Crippen molar-refractivity contribution in [3.8, 4) is 10.6 Å². The van der Waals surface area contributed by atoms with Crippen molar-refractivity contribution in [1.82, 2.24) is 15.2 Å². The highest BCUT2D eigenvalue weighted by atomic mass is 35.5. The second kappa shape index (κ2) is 7.43. The summed E-state index contributed by atoms with van der Waals surface area (Å²) in [6.07, 6.45) is 2.23. The average molecular weight is 350 g/mol. The molecule has 1 N–H and O–H groups in total. The van der Waals surface area contributed by atoms with E-state index in [1.807, 2.05) is 41.6 Å². The van der Waals surface area contributed by atoms with Crippen molar-refractivity contribution < 1.29 is 4.79 Å². The summed E-state index contributed by atoms with van der Waals surface area (Å²) in [5.41, 5.74) is 1.49. The summed E-state index contributed by atoms with van der Waals surface area (Å²) in [4.78, 5) is 19.1. The Hall–Kier alpha value is -1.43. The van der Waals surface area contributed by atoms with E-state index in [1.54, 1.807) is 0 Å². The van der Waals surface area contributed by atoms with E-state index in [4.69, 9.17) is 11.6 Å². The molecule has 4 nitrogen and oxygen atoms in total. The first-order valence-electron chi connectivity index (χ1n) is 7.82. The molecule has 1 amide bonds. The van der Waals surface area contributed by atoms with Gasteiger partial charge in [-0.1, -0.05) is 23.7 Å². The minimum atomic E-state index is 0.0373. The third kappa shape index (κ3) is 3.91. The number of rotatable bonds is 4. The highest BCUT2D eigenvalue weighted by molar-refractivity contribution is 7.13. The Kier molecular flexibility index (Phi) is 5.30. The van der Waals surface area contributed by atoms with Gasteiger partial charge in [0.25, 0.3) is 5.91 Å². The lowest BCUT2D eigenvalue weighted by atomic mass is 9.98. The molecular weight excluding hydrogens is 330 g/mol. The van der Waals surface area contributed by atoms with E-state index in [2.05, 4.69) is 10.3 Å². The fourth-order valence-corrected chi connectivity index (χ4v) is 3.97. The SMILES string of the molecule is CNCC1CCCN(C(=O)c2csc(-c3cccc(Cl)c3)n2)C1. The van der Waals surface area contributed by atoms with Crippen LogP contribution in [-0.2, 0) is 0 Å². The molecule has 1 aliphatic heterocycles. The van der Waals surface area contributed by atoms with Crippen LogP contribution in [0, 0.1) is 5.92 Å². The summed E-state index contributed by atoms with van der Waals surface area (Å²) in [5, 5.41) is 6.56. The molecule has 1 aliphatic rings. The summed E-state index contributed by atoms with van der Waals surface area (Å²) < 4.78 is 0. The van der Waals surface area contributed by atoms with Gasteiger partial charge in [0.05, 0.1) is 0 Å². The smallest absolute Gasteiger partial charge is 0.273 e. The second-order valence-electron chi connectivity index (χ2n) is 5.87. The molecule has 1 unspecified atom stereocenters. The number of amides is 1. The van der Waals surface area contributed by atoms with Crippen LogP contribution in [0.2, 0.25) is 5.02 Å². The zero-order valence-corrected chi connectivity index (χ0v) is 14.7. The molecule has 6 heteroatoms. The maximum absolute atomic E-state index is 12.7. The predicted molar refractivity (Wildman–Crippen MR) is 95.1 cm³/mol. The molecule has 2 aromatic rings. The zero-order chi connectivity index (χ0) is 16.2. The molecule has 1 aromatic heterocycles. The number of thiazole rings is 1. The third-order valence-corrected chi connectivity index (χ3v) is 5.22. The Bertz CT molecular complexity index is 686. The first-order valence-corrected chi connectivity index (χ1v) is 9.08. The van der Waals surface area contributed by atoms with E-state index in [1.165, 1.54) is 17.8 Å². The lowest BCUT2D eigenvalue weighted by molar-refractivity contribution is 0.0669. The van der Waals surface area contributed by atoms with Gasteiger partial charge in [0, 0.05) is 29.1 Å². The number of piperidine rings is 1. The lowest BCUT2D eigenvalue weighted by Crippen LogP contribution is -2.42. The largest absolute Gasteiger partial charge is 0.337 e. The van der Waals surface area contributed by atoms with Gasteiger partial charge >= 0.3 is 0 Å². The molecule has 0 aliphatic carbocycles. The lowest BCUT2D eigenvalue weighted by Gasteiger charge is -2.32. The van der Waals surface area contributed by atoms with Crippen LogP contribution in [0.1, 0.15) is 23.3 Å². The molecule has 1 fully saturated rings. The standard InChI is InChI=1S/C17H20ClN3OS/c1-19-9-12-4-3-7-21(10-12)17(22)15-11-23-16(20-15)13-5-2-6-14(18)8-13/h2,5-6,8,11-12,19H,3-4,7,9-10H2,1H3. The number of carbonyl (C=O) groups is 1. The summed E-state index contributed by atoms with van der Waals surface area (Å²) in [7, 11) is 1.96. The van der Waals surface area contributed by atoms with Crippen LogP contribution in [-0.4, -0.2) is 42.5 Å². The predicted octanol–water partition coefficient (Wildman–Crippen LogP) is 3.54. The highest BCUT2D eigenvalue weighted by Crippen LogP contribution is 2.27. The number of halogens is 1. The summed E-state index contributed by atoms with van der Waals surface area (Å²) in [6, 6.07) is 7.56. The molecule has 0 spiro atoms. The Labute approximate surface area is 145 Å². The van der Waals surface area contributed by atoms with Gasteiger partial charge in [-0.3, -0.25) is 4.79 Å². The number of nitrogens with one attached hydrogen (secondary N) is 1. The van der Waals surface area contributed by atoms with Gasteiger partial charge in [-0.05, 0) is 44.5 Å². The Balaban J connectivity index is 1.73. The molecule has 1 atom stereocenters. The van der Waals surface area contributed by atoms with Crippen LogP contribution in [0.15, 0.2) is 29.6 Å². The van der Waals surface area contributed by atoms with Crippen molar-refractivity contribution in [2.75, 3.05) is 26.7 Å². The quantitative estimate of drug-likeness (QED) is 0.918. The summed E-state index contributed by atoms with van der Waals surface area (Å²) in [6.45, 7) is 2.58. The van der Waals surface area contributed by atoms with Gasteiger partial charge in [-0.15, -0.1) is 11.3 Å². The second-order valence-corrected chi connectivity index (χ2v) is 7.16. The molecule has 1 saturated heterocycles. The zero-order valence-electron chi connectivity index (χ0n) is 13.1. The van der Waals surface area contributed by atoms with Crippen molar-refractivity contribution in [1.29, 1.82) is 0 Å². The van der Waals surface area contributed by atoms with Crippen LogP contribution in [0.5, 0.6) is 0 Å². The van der Waals surface area contributed by atoms with E-state index < -0.39 is 0 Å². The van der Waals surface area contributed by atoms with Crippen molar-refractivity contribution in [2.24, 2.45) is 5.92 Å². The maximum Gasteiger partial charge on any atom is 0.273 e. The molecule has 3 rings (SSSR count). The highest BCUT2D eigenvalue weighted by Gasteiger charge is 2.25. The van der Waals surface area contributed by atoms with E-state index >= 15 is 0 Å². The molecule has 2 heterocycles. The topological polar surface area (TPSA) is 45.2 Å². The van der Waals surface area contributed by atoms with Crippen molar-refractivity contribution in [3.63, 3.8) is 0 Å². The first kappa shape index (κ1) is 16.4. The summed E-state index contributed by atoms with van der Waals surface area (Å²) >= 11 is 7.51. The number of carbonyl (C=O) groups excluding carboxylic acids is 1. The van der Waals surface area contributed by atoms with Crippen molar-refractivity contribution >= 4 is 28.8 Å². The Morgan fingerprint density at radius 2 is 2.39 bits per heavy atom. The van der Waals surface area contributed by atoms with Gasteiger partial charge < -0.3 is 10.2 Å². The van der Waals surface area contributed by atoms with Crippen LogP contribution in [0.25, 0.3) is 10.6 Å². The van der Waals surface area contributed by atoms with Crippen LogP contribution in [0.4, 0.5) is 0 Å². The van der Waals surface area contributed by atoms with Gasteiger partial charge in [0.15, 0.2) is 0 Å². The molecule has 122 valence electrons. The Morgan fingerprint density at radius 3 is 3.17 bits per heavy atom. The molecule has 0 radical (unpaired) electrons. The molecule has 0 bridgehead atoms. The van der Waals surface area contributed by atoms with Crippen LogP contribution >= 0.6 is 22.9 Å². The normalized spacial score (nSPS) is 18.2. The number of hydrogen-bond donors (Lipinski definition) is 1. The van der Waals surface area contributed by atoms with Gasteiger partial charge in [-0.25, -0.2) is 4.98 Å². The van der Waals surface area contributed by atoms with Gasteiger partial charge in [-0.2, -0.15) is 0 Å². The van der Waals surface area contributed by atoms with Gasteiger partial charge in [0.1, 0.15) is 10.7 Å². The molecular formula is C17H20ClN3OS. The molecule has 23 heavy (non-hydrogen) atoms. The van der Waals surface area contributed by atoms with Crippen LogP contribution in [0.3, 0.4) is 0 Å². The van der Waals surface area contributed by atoms with E-state index in [0.717, 1.165) is 36.6 Å². The Morgan fingerprint density at radius 1 is 1.52 bits per heavy atom. The number of likely N-dealkylation sites (tertiary alicyclic amines) is 1. The first-order chi connectivity index (χ1) is 11.2. The van der Waals surface area contributed by atoms with Crippen LogP contribution < -0.4 is 5.32 Å². The van der Waals surface area contributed by atoms with E-state index in [-0.39, 0.29) is 5.91 Å². The molecule has 1 aromatic carbocycles. The third-order valence-electron chi connectivity index (χ3n) is 4.09. The number of aromatic nitrogens is 1. The minimum Gasteiger partial charge on any atom is -0.337 e. The average Bonchev–Trinajstić information content (AvgIpc) is 3.05. The monoisotopic (exact) mass is 349 g/mol. The fraction of sp³-hybridized carbons (Fsp3) is 0.412. The number of benzene rings is 1. The maximum atomic E-state index is 12.7. The van der Waals surface area contributed by atoms with Crippen molar-refractivity contribution in [2.45, 2.75) is 12.8 Å². The van der Waals surface area contributed by atoms with Crippen molar-refractivity contribution in [3.05, 3.63) is 40.4 Å². The summed E-state index contributed by atoms with van der Waals surface area (Å²) in [5.74, 6) is 0.569. The molecule has 0 saturated carbocycles. The van der Waals surface area contributed by atoms with Gasteiger partial charge in [0.2, 0.25) is 0 Å². The van der Waals surface area contributed by atoms with E-state index in [9.17, 15) is 4.79 Å². The fourth-order valence-electron chi connectivity index (χ4n) is 2.99. The minimum absolute atomic E-state index is 0.0373. The number of nitrogens with zero attached hydrogens (tertiary/aromatic N) is 2.